The normalized spacial score (nSPS) is 10.8. The van der Waals surface area contributed by atoms with E-state index >= 15 is 0 Å². The van der Waals surface area contributed by atoms with Crippen LogP contribution in [0, 0.1) is 17.0 Å². The molecule has 0 spiro atoms. The van der Waals surface area contributed by atoms with Crippen molar-refractivity contribution < 1.29 is 4.92 Å². The van der Waals surface area contributed by atoms with Crippen molar-refractivity contribution in [2.45, 2.75) is 13.5 Å². The second-order valence-electron chi connectivity index (χ2n) is 4.85. The topological polar surface area (TPSA) is 90.9 Å². The average molecular weight is 296 g/mol. The van der Waals surface area contributed by atoms with Gasteiger partial charge in [0.1, 0.15) is 0 Å². The Balaban J connectivity index is 2.06. The maximum absolute atomic E-state index is 11.9. The van der Waals surface area contributed by atoms with Crippen molar-refractivity contribution in [3.05, 3.63) is 74.5 Å². The van der Waals surface area contributed by atoms with E-state index in [0.717, 1.165) is 11.0 Å². The van der Waals surface area contributed by atoms with E-state index in [2.05, 4.69) is 9.97 Å². The SMILES string of the molecule is Cc1nc2ccccc2nc1Cn1cc([N+](=O)[O-])ccc1=O. The van der Waals surface area contributed by atoms with Gasteiger partial charge in [0.05, 0.1) is 40.1 Å². The molecule has 0 aliphatic heterocycles. The fourth-order valence-corrected chi connectivity index (χ4v) is 2.19. The van der Waals surface area contributed by atoms with Crippen LogP contribution in [-0.2, 0) is 6.54 Å². The number of nitro groups is 1. The monoisotopic (exact) mass is 296 g/mol. The first-order chi connectivity index (χ1) is 10.5. The van der Waals surface area contributed by atoms with Gasteiger partial charge in [0, 0.05) is 12.1 Å². The standard InChI is InChI=1S/C15H12N4O3/c1-10-14(17-13-5-3-2-4-12(13)16-10)9-18-8-11(19(21)22)6-7-15(18)20/h2-8H,9H2,1H3. The van der Waals surface area contributed by atoms with Crippen LogP contribution in [0.1, 0.15) is 11.4 Å². The molecule has 3 aromatic rings. The summed E-state index contributed by atoms with van der Waals surface area (Å²) in [5.41, 5.74) is 2.35. The van der Waals surface area contributed by atoms with Gasteiger partial charge in [0.15, 0.2) is 0 Å². The molecule has 0 saturated carbocycles. The first-order valence-electron chi connectivity index (χ1n) is 6.62. The molecule has 2 heterocycles. The number of hydrogen-bond donors (Lipinski definition) is 0. The molecule has 0 aliphatic carbocycles. The Morgan fingerprint density at radius 2 is 1.82 bits per heavy atom. The molecule has 0 saturated heterocycles. The Morgan fingerprint density at radius 1 is 1.14 bits per heavy atom. The predicted octanol–water partition coefficient (Wildman–Crippen LogP) is 2.06. The minimum Gasteiger partial charge on any atom is -0.303 e. The van der Waals surface area contributed by atoms with Crippen molar-refractivity contribution in [2.75, 3.05) is 0 Å². The minimum absolute atomic E-state index is 0.133. The van der Waals surface area contributed by atoms with Gasteiger partial charge in [-0.3, -0.25) is 14.9 Å². The minimum atomic E-state index is -0.533. The lowest BCUT2D eigenvalue weighted by molar-refractivity contribution is -0.385. The fourth-order valence-electron chi connectivity index (χ4n) is 2.19. The maximum Gasteiger partial charge on any atom is 0.285 e. The summed E-state index contributed by atoms with van der Waals surface area (Å²) in [5.74, 6) is 0. The quantitative estimate of drug-likeness (QED) is 0.545. The predicted molar refractivity (Wildman–Crippen MR) is 80.7 cm³/mol. The van der Waals surface area contributed by atoms with Gasteiger partial charge in [-0.15, -0.1) is 0 Å². The van der Waals surface area contributed by atoms with Crippen LogP contribution in [0.25, 0.3) is 11.0 Å². The van der Waals surface area contributed by atoms with Crippen LogP contribution >= 0.6 is 0 Å². The molecular weight excluding hydrogens is 284 g/mol. The second kappa shape index (κ2) is 5.36. The highest BCUT2D eigenvalue weighted by Gasteiger charge is 2.11. The molecule has 0 bridgehead atoms. The molecule has 22 heavy (non-hydrogen) atoms. The number of rotatable bonds is 3. The fraction of sp³-hybridized carbons (Fsp3) is 0.133. The summed E-state index contributed by atoms with van der Waals surface area (Å²) in [4.78, 5) is 31.1. The Kier molecular flexibility index (Phi) is 3.38. The lowest BCUT2D eigenvalue weighted by atomic mass is 10.2. The number of pyridine rings is 1. The highest BCUT2D eigenvalue weighted by Crippen LogP contribution is 2.14. The molecule has 0 N–H and O–H groups in total. The zero-order valence-corrected chi connectivity index (χ0v) is 11.8. The Labute approximate surface area is 125 Å². The second-order valence-corrected chi connectivity index (χ2v) is 4.85. The summed E-state index contributed by atoms with van der Waals surface area (Å²) in [6, 6.07) is 9.80. The average Bonchev–Trinajstić information content (AvgIpc) is 2.50. The summed E-state index contributed by atoms with van der Waals surface area (Å²) in [6.07, 6.45) is 1.22. The molecule has 2 aromatic heterocycles. The number of aromatic nitrogens is 3. The summed E-state index contributed by atoms with van der Waals surface area (Å²) >= 11 is 0. The van der Waals surface area contributed by atoms with Crippen molar-refractivity contribution in [1.29, 1.82) is 0 Å². The molecule has 7 nitrogen and oxygen atoms in total. The summed E-state index contributed by atoms with van der Waals surface area (Å²) in [5, 5.41) is 10.8. The van der Waals surface area contributed by atoms with Crippen molar-refractivity contribution in [3.63, 3.8) is 0 Å². The lowest BCUT2D eigenvalue weighted by Gasteiger charge is -2.08. The van der Waals surface area contributed by atoms with Crippen LogP contribution in [0.2, 0.25) is 0 Å². The van der Waals surface area contributed by atoms with E-state index in [1.165, 1.54) is 22.9 Å². The first-order valence-corrected chi connectivity index (χ1v) is 6.62. The molecule has 0 aliphatic rings. The van der Waals surface area contributed by atoms with E-state index in [9.17, 15) is 14.9 Å². The molecule has 1 aromatic carbocycles. The van der Waals surface area contributed by atoms with Gasteiger partial charge in [-0.1, -0.05) is 12.1 Å². The highest BCUT2D eigenvalue weighted by atomic mass is 16.6. The van der Waals surface area contributed by atoms with Crippen molar-refractivity contribution in [1.82, 2.24) is 14.5 Å². The highest BCUT2D eigenvalue weighted by molar-refractivity contribution is 5.74. The summed E-state index contributed by atoms with van der Waals surface area (Å²) in [7, 11) is 0. The van der Waals surface area contributed by atoms with Crippen molar-refractivity contribution in [2.24, 2.45) is 0 Å². The molecule has 0 atom stereocenters. The molecule has 0 radical (unpaired) electrons. The molecule has 110 valence electrons. The molecule has 0 unspecified atom stereocenters. The van der Waals surface area contributed by atoms with E-state index in [0.29, 0.717) is 11.4 Å². The lowest BCUT2D eigenvalue weighted by Crippen LogP contribution is -2.20. The number of fused-ring (bicyclic) bond motifs is 1. The van der Waals surface area contributed by atoms with E-state index in [4.69, 9.17) is 0 Å². The molecule has 0 fully saturated rings. The first kappa shape index (κ1) is 13.9. The van der Waals surface area contributed by atoms with Crippen LogP contribution < -0.4 is 5.56 Å². The third kappa shape index (κ3) is 2.56. The zero-order valence-electron chi connectivity index (χ0n) is 11.8. The number of para-hydroxylation sites is 2. The third-order valence-corrected chi connectivity index (χ3v) is 3.34. The number of nitrogens with zero attached hydrogens (tertiary/aromatic N) is 4. The van der Waals surface area contributed by atoms with Gasteiger partial charge < -0.3 is 4.57 Å². The molecule has 3 rings (SSSR count). The van der Waals surface area contributed by atoms with Crippen LogP contribution in [0.5, 0.6) is 0 Å². The van der Waals surface area contributed by atoms with E-state index in [1.54, 1.807) is 6.92 Å². The molecule has 7 heteroatoms. The Hall–Kier alpha value is -3.09. The number of aryl methyl sites for hydroxylation is 1. The Morgan fingerprint density at radius 3 is 2.50 bits per heavy atom. The largest absolute Gasteiger partial charge is 0.303 e. The van der Waals surface area contributed by atoms with Crippen molar-refractivity contribution in [3.8, 4) is 0 Å². The zero-order chi connectivity index (χ0) is 15.7. The van der Waals surface area contributed by atoms with Crippen LogP contribution in [0.15, 0.2) is 47.4 Å². The smallest absolute Gasteiger partial charge is 0.285 e. The van der Waals surface area contributed by atoms with E-state index in [1.807, 2.05) is 24.3 Å². The van der Waals surface area contributed by atoms with E-state index < -0.39 is 4.92 Å². The van der Waals surface area contributed by atoms with Crippen LogP contribution in [-0.4, -0.2) is 19.5 Å². The molecular formula is C15H12N4O3. The van der Waals surface area contributed by atoms with Crippen LogP contribution in [0.4, 0.5) is 5.69 Å². The van der Waals surface area contributed by atoms with Crippen LogP contribution in [0.3, 0.4) is 0 Å². The van der Waals surface area contributed by atoms with Gasteiger partial charge in [-0.25, -0.2) is 9.97 Å². The van der Waals surface area contributed by atoms with Crippen molar-refractivity contribution >= 4 is 16.7 Å². The number of benzene rings is 1. The van der Waals surface area contributed by atoms with Gasteiger partial charge in [0.25, 0.3) is 11.2 Å². The summed E-state index contributed by atoms with van der Waals surface area (Å²) in [6.45, 7) is 1.95. The van der Waals surface area contributed by atoms with Gasteiger partial charge in [0.2, 0.25) is 0 Å². The molecule has 0 amide bonds. The maximum atomic E-state index is 11.9. The van der Waals surface area contributed by atoms with E-state index in [-0.39, 0.29) is 17.8 Å². The van der Waals surface area contributed by atoms with Gasteiger partial charge >= 0.3 is 0 Å². The number of hydrogen-bond acceptors (Lipinski definition) is 5. The van der Waals surface area contributed by atoms with Gasteiger partial charge in [-0.05, 0) is 19.1 Å². The Bertz CT molecular complexity index is 933. The summed E-state index contributed by atoms with van der Waals surface area (Å²) < 4.78 is 1.27. The third-order valence-electron chi connectivity index (χ3n) is 3.34. The van der Waals surface area contributed by atoms with Gasteiger partial charge in [-0.2, -0.15) is 0 Å².